The zero-order chi connectivity index (χ0) is 13.6. The smallest absolute Gasteiger partial charge is 0.147 e. The van der Waals surface area contributed by atoms with Crippen molar-refractivity contribution in [3.8, 4) is 0 Å². The van der Waals surface area contributed by atoms with Crippen LogP contribution in [0.3, 0.4) is 0 Å². The average Bonchev–Trinajstić information content (AvgIpc) is 2.56. The van der Waals surface area contributed by atoms with Gasteiger partial charge in [-0.3, -0.25) is 0 Å². The number of hydrogen-bond donors (Lipinski definition) is 1. The van der Waals surface area contributed by atoms with Crippen molar-refractivity contribution in [2.75, 3.05) is 0 Å². The third-order valence-electron chi connectivity index (χ3n) is 4.43. The summed E-state index contributed by atoms with van der Waals surface area (Å²) in [5.41, 5.74) is 1.80. The molecule has 0 aromatic heterocycles. The van der Waals surface area contributed by atoms with Crippen molar-refractivity contribution in [2.24, 2.45) is 5.92 Å². The molecule has 0 heterocycles. The van der Waals surface area contributed by atoms with Crippen LogP contribution in [-0.2, 0) is 17.7 Å². The summed E-state index contributed by atoms with van der Waals surface area (Å²) in [6.07, 6.45) is 11.3. The Morgan fingerprint density at radius 1 is 1.20 bits per heavy atom. The Kier molecular flexibility index (Phi) is 7.30. The van der Waals surface area contributed by atoms with E-state index in [1.54, 1.807) is 5.57 Å². The molecule has 0 bridgehead atoms. The molecule has 1 saturated carbocycles. The summed E-state index contributed by atoms with van der Waals surface area (Å²) in [5.74, 6) is 0.876. The first-order valence-corrected chi connectivity index (χ1v) is 24.3. The van der Waals surface area contributed by atoms with Gasteiger partial charge in [0.25, 0.3) is 0 Å². The van der Waals surface area contributed by atoms with E-state index in [1.807, 2.05) is 0 Å². The first-order chi connectivity index (χ1) is 8.07. The predicted octanol–water partition coefficient (Wildman–Crippen LogP) is 4.59. The maximum absolute atomic E-state index is 4.24. The minimum atomic E-state index is -2.73. The van der Waals surface area contributed by atoms with Crippen molar-refractivity contribution in [2.45, 2.75) is 51.8 Å². The second-order valence-electron chi connectivity index (χ2n) is 8.34. The summed E-state index contributed by atoms with van der Waals surface area (Å²) >= 11 is -2.73. The van der Waals surface area contributed by atoms with Crippen molar-refractivity contribution in [1.82, 2.24) is 2.93 Å². The molecule has 1 fully saturated rings. The summed E-state index contributed by atoms with van der Waals surface area (Å²) in [7, 11) is -1.18. The van der Waals surface area contributed by atoms with Crippen LogP contribution in [0.4, 0.5) is 0 Å². The molecule has 0 aromatic carbocycles. The van der Waals surface area contributed by atoms with E-state index >= 15 is 0 Å². The number of fused-ring (bicyclic) bond motifs is 1. The Morgan fingerprint density at radius 2 is 1.80 bits per heavy atom. The van der Waals surface area contributed by atoms with E-state index in [0.717, 1.165) is 9.54 Å². The molecule has 2 unspecified atom stereocenters. The molecule has 0 aliphatic heterocycles. The van der Waals surface area contributed by atoms with Crippen molar-refractivity contribution >= 4 is 39.9 Å². The molecule has 0 radical (unpaired) electrons. The first kappa shape index (κ1) is 21.3. The minimum absolute atomic E-state index is 0. The molecular formula is C14H31Cl2NSi2Zr. The maximum atomic E-state index is 4.24. The van der Waals surface area contributed by atoms with E-state index in [-0.39, 0.29) is 24.8 Å². The van der Waals surface area contributed by atoms with Crippen LogP contribution in [0, 0.1) is 5.92 Å². The van der Waals surface area contributed by atoms with Gasteiger partial charge in [0, 0.05) is 0 Å². The molecule has 0 amide bonds. The van der Waals surface area contributed by atoms with E-state index in [9.17, 15) is 0 Å². The third kappa shape index (κ3) is 4.92. The topological polar surface area (TPSA) is 12.0 Å². The molecule has 118 valence electrons. The van der Waals surface area contributed by atoms with Crippen LogP contribution in [0.15, 0.2) is 23.8 Å². The van der Waals surface area contributed by atoms with Gasteiger partial charge in [0.15, 0.2) is 0 Å². The average molecular weight is 432 g/mol. The van der Waals surface area contributed by atoms with E-state index in [2.05, 4.69) is 56.9 Å². The van der Waals surface area contributed by atoms with Gasteiger partial charge in [-0.05, 0) is 0 Å². The standard InChI is InChI=1S/C9H11.C3H10NSi.2CH3.2ClH.H2Si.Zr/c1-2-5-9-7-3-6-8(9)4-1;1-5(2,3)4;;;;;;/h1-2,4,6,9H,3,5,7H2;4H,1-3H3;2*1H3;2*1H;1H2;/q;-1;;;;;;+1. The molecule has 6 heteroatoms. The Morgan fingerprint density at radius 3 is 2.35 bits per heavy atom. The number of hydrogen-bond acceptors (Lipinski definition) is 1. The fourth-order valence-electron chi connectivity index (χ4n) is 4.23. The van der Waals surface area contributed by atoms with Gasteiger partial charge in [0.1, 0.15) is 0 Å². The Hall–Kier alpha value is 1.34. The molecule has 0 aromatic rings. The molecule has 20 heavy (non-hydrogen) atoms. The van der Waals surface area contributed by atoms with Gasteiger partial charge in [-0.1, -0.05) is 0 Å². The fourth-order valence-corrected chi connectivity index (χ4v) is 44.5. The van der Waals surface area contributed by atoms with E-state index in [1.165, 1.54) is 19.3 Å². The van der Waals surface area contributed by atoms with Gasteiger partial charge >= 0.3 is 117 Å². The molecule has 1 N–H and O–H groups in total. The number of nitrogens with one attached hydrogen (secondary N) is 1. The molecule has 2 aliphatic carbocycles. The van der Waals surface area contributed by atoms with Crippen molar-refractivity contribution < 1.29 is 17.7 Å². The molecule has 1 nitrogen and oxygen atoms in total. The van der Waals surface area contributed by atoms with Gasteiger partial charge in [-0.2, -0.15) is 0 Å². The normalized spacial score (nSPS) is 26.2. The van der Waals surface area contributed by atoms with Gasteiger partial charge in [-0.15, -0.1) is 24.8 Å². The minimum Gasteiger partial charge on any atom is -0.147 e. The molecule has 2 rings (SSSR count). The number of allylic oxidation sites excluding steroid dienone is 4. The quantitative estimate of drug-likeness (QED) is 0.645. The molecule has 0 saturated heterocycles. The first-order valence-electron chi connectivity index (χ1n) is 7.31. The fraction of sp³-hybridized carbons (Fsp3) is 0.714. The summed E-state index contributed by atoms with van der Waals surface area (Å²) in [6, 6.07) is 0. The van der Waals surface area contributed by atoms with Crippen LogP contribution in [0.25, 0.3) is 0 Å². The second-order valence-corrected chi connectivity index (χ2v) is 43.3. The molecule has 0 spiro atoms. The van der Waals surface area contributed by atoms with Crippen molar-refractivity contribution in [1.29, 1.82) is 0 Å². The van der Waals surface area contributed by atoms with Crippen molar-refractivity contribution in [3.63, 3.8) is 0 Å². The molecule has 2 aliphatic rings. The zero-order valence-electron chi connectivity index (χ0n) is 13.5. The number of halogens is 2. The summed E-state index contributed by atoms with van der Waals surface area (Å²) < 4.78 is 10.4. The summed E-state index contributed by atoms with van der Waals surface area (Å²) in [6.45, 7) is 9.77. The Balaban J connectivity index is 0.00000180. The van der Waals surface area contributed by atoms with Crippen LogP contribution in [0.2, 0.25) is 32.5 Å². The maximum Gasteiger partial charge on any atom is -0.147 e. The van der Waals surface area contributed by atoms with Crippen LogP contribution in [0.5, 0.6) is 0 Å². The number of rotatable bonds is 3. The molecular weight excluding hydrogens is 400 g/mol. The van der Waals surface area contributed by atoms with Crippen LogP contribution >= 0.6 is 24.8 Å². The van der Waals surface area contributed by atoms with Gasteiger partial charge in [-0.25, -0.2) is 0 Å². The monoisotopic (exact) mass is 429 g/mol. The zero-order valence-corrected chi connectivity index (χ0v) is 20.0. The van der Waals surface area contributed by atoms with E-state index in [4.69, 9.17) is 0 Å². The largest absolute Gasteiger partial charge is 0.147 e. The van der Waals surface area contributed by atoms with Gasteiger partial charge < -0.3 is 0 Å². The van der Waals surface area contributed by atoms with Crippen LogP contribution in [0.1, 0.15) is 19.3 Å². The van der Waals surface area contributed by atoms with Gasteiger partial charge in [0.2, 0.25) is 0 Å². The summed E-state index contributed by atoms with van der Waals surface area (Å²) in [4.78, 5) is 0. The van der Waals surface area contributed by atoms with E-state index in [0.29, 0.717) is 0 Å². The van der Waals surface area contributed by atoms with Crippen molar-refractivity contribution in [3.05, 3.63) is 23.8 Å². The van der Waals surface area contributed by atoms with Crippen LogP contribution < -0.4 is 2.93 Å². The van der Waals surface area contributed by atoms with E-state index < -0.39 is 25.9 Å². The Bertz CT molecular complexity index is 474. The Labute approximate surface area is 141 Å². The van der Waals surface area contributed by atoms with Gasteiger partial charge in [0.05, 0.1) is 0 Å². The predicted molar refractivity (Wildman–Crippen MR) is 99.6 cm³/mol. The summed E-state index contributed by atoms with van der Waals surface area (Å²) in [5, 5.41) is 0. The van der Waals surface area contributed by atoms with Crippen LogP contribution in [-0.4, -0.2) is 15.1 Å². The molecule has 2 atom stereocenters. The second kappa shape index (κ2) is 6.84. The SMILES string of the molecule is C[Si](C)(C)[NH][Zr]([CH3])([CH3])(=[SiH2])[CH]1CCC2CC=CC=C21.Cl.Cl. The third-order valence-corrected chi connectivity index (χ3v) is 30.7.